The van der Waals surface area contributed by atoms with Crippen molar-refractivity contribution < 1.29 is 9.18 Å². The first-order valence-corrected chi connectivity index (χ1v) is 9.24. The summed E-state index contributed by atoms with van der Waals surface area (Å²) < 4.78 is 15.5. The Hall–Kier alpha value is -2.60. The molecule has 1 N–H and O–H groups in total. The zero-order valence-corrected chi connectivity index (χ0v) is 15.7. The van der Waals surface area contributed by atoms with E-state index >= 15 is 0 Å². The molecule has 0 aliphatic rings. The number of hydrogen-bond donors (Lipinski definition) is 1. The molecule has 0 unspecified atom stereocenters. The summed E-state index contributed by atoms with van der Waals surface area (Å²) in [6.07, 6.45) is 0. The Morgan fingerprint density at radius 3 is 2.58 bits per heavy atom. The molecule has 2 aromatic carbocycles. The summed E-state index contributed by atoms with van der Waals surface area (Å²) in [7, 11) is 0. The van der Waals surface area contributed by atoms with E-state index in [2.05, 4.69) is 10.4 Å². The van der Waals surface area contributed by atoms with Crippen molar-refractivity contribution in [1.82, 2.24) is 9.78 Å². The molecule has 0 atom stereocenters. The summed E-state index contributed by atoms with van der Waals surface area (Å²) in [6.45, 7) is 5.61. The number of benzene rings is 2. The number of para-hydroxylation sites is 1. The van der Waals surface area contributed by atoms with Crippen LogP contribution >= 0.6 is 11.8 Å². The minimum atomic E-state index is -0.328. The SMILES string of the molecule is Cc1ccc(NC(=O)CSc2c(C)nn(-c3ccccc3)c2C)cc1F. The third kappa shape index (κ3) is 3.96. The van der Waals surface area contributed by atoms with Crippen LogP contribution in [0.15, 0.2) is 53.4 Å². The molecule has 6 heteroatoms. The molecule has 0 aliphatic heterocycles. The van der Waals surface area contributed by atoms with Crippen LogP contribution in [0, 0.1) is 26.6 Å². The summed E-state index contributed by atoms with van der Waals surface area (Å²) in [6, 6.07) is 14.6. The molecule has 0 saturated heterocycles. The Labute approximate surface area is 156 Å². The first-order chi connectivity index (χ1) is 12.5. The highest BCUT2D eigenvalue weighted by Gasteiger charge is 2.15. The summed E-state index contributed by atoms with van der Waals surface area (Å²) >= 11 is 1.43. The molecule has 4 nitrogen and oxygen atoms in total. The number of amides is 1. The van der Waals surface area contributed by atoms with Gasteiger partial charge in [-0.1, -0.05) is 24.3 Å². The second-order valence-corrected chi connectivity index (χ2v) is 7.03. The van der Waals surface area contributed by atoms with Gasteiger partial charge in [-0.3, -0.25) is 4.79 Å². The number of nitrogens with one attached hydrogen (secondary N) is 1. The molecule has 0 spiro atoms. The molecule has 3 rings (SSSR count). The zero-order valence-electron chi connectivity index (χ0n) is 14.9. The number of carbonyl (C=O) groups excluding carboxylic acids is 1. The molecule has 0 saturated carbocycles. The number of aromatic nitrogens is 2. The minimum Gasteiger partial charge on any atom is -0.325 e. The van der Waals surface area contributed by atoms with Crippen molar-refractivity contribution >= 4 is 23.4 Å². The van der Waals surface area contributed by atoms with Crippen molar-refractivity contribution in [3.8, 4) is 5.69 Å². The number of rotatable bonds is 5. The van der Waals surface area contributed by atoms with Crippen molar-refractivity contribution in [2.75, 3.05) is 11.1 Å². The van der Waals surface area contributed by atoms with E-state index in [-0.39, 0.29) is 17.5 Å². The van der Waals surface area contributed by atoms with E-state index in [0.717, 1.165) is 22.0 Å². The predicted octanol–water partition coefficient (Wildman–Crippen LogP) is 4.67. The van der Waals surface area contributed by atoms with E-state index in [9.17, 15) is 9.18 Å². The van der Waals surface area contributed by atoms with E-state index in [0.29, 0.717) is 11.3 Å². The molecule has 26 heavy (non-hydrogen) atoms. The smallest absolute Gasteiger partial charge is 0.234 e. The Morgan fingerprint density at radius 2 is 1.88 bits per heavy atom. The Kier molecular flexibility index (Phi) is 5.42. The number of nitrogens with zero attached hydrogens (tertiary/aromatic N) is 2. The molecular weight excluding hydrogens is 349 g/mol. The van der Waals surface area contributed by atoms with Crippen LogP contribution in [0.4, 0.5) is 10.1 Å². The van der Waals surface area contributed by atoms with Gasteiger partial charge in [0.05, 0.1) is 27.7 Å². The number of aryl methyl sites for hydroxylation is 2. The lowest BCUT2D eigenvalue weighted by Gasteiger charge is -2.07. The number of thioether (sulfide) groups is 1. The quantitative estimate of drug-likeness (QED) is 0.665. The van der Waals surface area contributed by atoms with Gasteiger partial charge in [-0.15, -0.1) is 11.8 Å². The van der Waals surface area contributed by atoms with Crippen LogP contribution in [0.5, 0.6) is 0 Å². The van der Waals surface area contributed by atoms with Gasteiger partial charge in [-0.05, 0) is 50.6 Å². The molecule has 0 bridgehead atoms. The number of halogens is 1. The summed E-state index contributed by atoms with van der Waals surface area (Å²) in [4.78, 5) is 13.2. The Morgan fingerprint density at radius 1 is 1.15 bits per heavy atom. The first kappa shape index (κ1) is 18.2. The number of anilines is 1. The van der Waals surface area contributed by atoms with Gasteiger partial charge in [-0.2, -0.15) is 5.10 Å². The van der Waals surface area contributed by atoms with E-state index < -0.39 is 0 Å². The van der Waals surface area contributed by atoms with Crippen LogP contribution in [0.3, 0.4) is 0 Å². The molecule has 1 aromatic heterocycles. The first-order valence-electron chi connectivity index (χ1n) is 8.26. The van der Waals surface area contributed by atoms with E-state index in [1.807, 2.05) is 48.9 Å². The van der Waals surface area contributed by atoms with Gasteiger partial charge in [0, 0.05) is 5.69 Å². The van der Waals surface area contributed by atoms with E-state index in [1.54, 1.807) is 19.1 Å². The average Bonchev–Trinajstić information content (AvgIpc) is 2.91. The van der Waals surface area contributed by atoms with Crippen LogP contribution < -0.4 is 5.32 Å². The molecule has 3 aromatic rings. The van der Waals surface area contributed by atoms with Crippen LogP contribution in [0.1, 0.15) is 17.0 Å². The van der Waals surface area contributed by atoms with Crippen LogP contribution in [0.2, 0.25) is 0 Å². The topological polar surface area (TPSA) is 46.9 Å². The second kappa shape index (κ2) is 7.74. The highest BCUT2D eigenvalue weighted by atomic mass is 32.2. The van der Waals surface area contributed by atoms with Gasteiger partial charge in [0.25, 0.3) is 0 Å². The van der Waals surface area contributed by atoms with Gasteiger partial charge >= 0.3 is 0 Å². The zero-order chi connectivity index (χ0) is 18.7. The van der Waals surface area contributed by atoms with Crippen molar-refractivity contribution in [2.24, 2.45) is 0 Å². The molecule has 134 valence electrons. The van der Waals surface area contributed by atoms with Gasteiger partial charge < -0.3 is 5.32 Å². The highest BCUT2D eigenvalue weighted by molar-refractivity contribution is 8.00. The van der Waals surface area contributed by atoms with Crippen molar-refractivity contribution in [2.45, 2.75) is 25.7 Å². The normalized spacial score (nSPS) is 10.8. The van der Waals surface area contributed by atoms with Crippen LogP contribution in [-0.4, -0.2) is 21.4 Å². The maximum atomic E-state index is 13.6. The molecule has 0 fully saturated rings. The highest BCUT2D eigenvalue weighted by Crippen LogP contribution is 2.28. The largest absolute Gasteiger partial charge is 0.325 e. The Bertz CT molecular complexity index is 938. The lowest BCUT2D eigenvalue weighted by molar-refractivity contribution is -0.113. The third-order valence-electron chi connectivity index (χ3n) is 4.03. The molecule has 1 heterocycles. The lowest BCUT2D eigenvalue weighted by Crippen LogP contribution is -2.14. The summed E-state index contributed by atoms with van der Waals surface area (Å²) in [5, 5.41) is 7.31. The number of carbonyl (C=O) groups is 1. The van der Waals surface area contributed by atoms with E-state index in [4.69, 9.17) is 0 Å². The lowest BCUT2D eigenvalue weighted by atomic mass is 10.2. The molecular formula is C20H20FN3OS. The summed E-state index contributed by atoms with van der Waals surface area (Å²) in [5.41, 5.74) is 3.88. The van der Waals surface area contributed by atoms with Crippen LogP contribution in [-0.2, 0) is 4.79 Å². The standard InChI is InChI=1S/C20H20FN3OS/c1-13-9-10-16(11-18(13)21)22-19(25)12-26-20-14(2)23-24(15(20)3)17-7-5-4-6-8-17/h4-11H,12H2,1-3H3,(H,22,25). The fourth-order valence-electron chi connectivity index (χ4n) is 2.66. The maximum absolute atomic E-state index is 13.6. The van der Waals surface area contributed by atoms with Gasteiger partial charge in [0.15, 0.2) is 0 Å². The molecule has 1 amide bonds. The predicted molar refractivity (Wildman–Crippen MR) is 104 cm³/mol. The molecule has 0 aliphatic carbocycles. The average molecular weight is 369 g/mol. The fourth-order valence-corrected chi connectivity index (χ4v) is 3.56. The maximum Gasteiger partial charge on any atom is 0.234 e. The monoisotopic (exact) mass is 369 g/mol. The van der Waals surface area contributed by atoms with Crippen molar-refractivity contribution in [3.63, 3.8) is 0 Å². The van der Waals surface area contributed by atoms with Gasteiger partial charge in [-0.25, -0.2) is 9.07 Å². The molecule has 0 radical (unpaired) electrons. The fraction of sp³-hybridized carbons (Fsp3) is 0.200. The van der Waals surface area contributed by atoms with Gasteiger partial charge in [0.1, 0.15) is 5.82 Å². The van der Waals surface area contributed by atoms with Gasteiger partial charge in [0.2, 0.25) is 5.91 Å². The minimum absolute atomic E-state index is 0.176. The van der Waals surface area contributed by atoms with Crippen molar-refractivity contribution in [1.29, 1.82) is 0 Å². The number of hydrogen-bond acceptors (Lipinski definition) is 3. The van der Waals surface area contributed by atoms with Crippen molar-refractivity contribution in [3.05, 3.63) is 71.3 Å². The summed E-state index contributed by atoms with van der Waals surface area (Å²) in [5.74, 6) is -0.270. The second-order valence-electron chi connectivity index (χ2n) is 6.05. The Balaban J connectivity index is 1.69. The van der Waals surface area contributed by atoms with Crippen LogP contribution in [0.25, 0.3) is 5.69 Å². The van der Waals surface area contributed by atoms with E-state index in [1.165, 1.54) is 17.8 Å². The third-order valence-corrected chi connectivity index (χ3v) is 5.31.